The third kappa shape index (κ3) is 3.64. The number of carbonyl (C=O) groups excluding carboxylic acids is 1. The third-order valence-corrected chi connectivity index (χ3v) is 3.85. The molecule has 2 heterocycles. The third-order valence-electron chi connectivity index (χ3n) is 3.85. The summed E-state index contributed by atoms with van der Waals surface area (Å²) in [4.78, 5) is 15.8. The lowest BCUT2D eigenvalue weighted by atomic mass is 10.3. The molecule has 3 rings (SSSR count). The van der Waals surface area contributed by atoms with E-state index in [-0.39, 0.29) is 18.3 Å². The Hall–Kier alpha value is -2.64. The summed E-state index contributed by atoms with van der Waals surface area (Å²) in [7, 11) is 0. The highest BCUT2D eigenvalue weighted by Crippen LogP contribution is 2.17. The van der Waals surface area contributed by atoms with Crippen LogP contribution in [0.5, 0.6) is 5.75 Å². The van der Waals surface area contributed by atoms with Crippen LogP contribution >= 0.6 is 0 Å². The quantitative estimate of drug-likeness (QED) is 0.825. The summed E-state index contributed by atoms with van der Waals surface area (Å²) in [5, 5.41) is 7.95. The summed E-state index contributed by atoms with van der Waals surface area (Å²) in [5.41, 5.74) is 0. The number of benzene rings is 1. The molecule has 0 saturated carbocycles. The monoisotopic (exact) mass is 334 g/mol. The van der Waals surface area contributed by atoms with Crippen molar-refractivity contribution in [2.75, 3.05) is 37.7 Å². The zero-order chi connectivity index (χ0) is 16.9. The fraction of sp³-hybridized carbons (Fsp3) is 0.438. The second kappa shape index (κ2) is 7.29. The molecule has 1 aliphatic heterocycles. The average molecular weight is 334 g/mol. The van der Waals surface area contributed by atoms with Crippen molar-refractivity contribution in [2.45, 2.75) is 13.3 Å². The number of nitrogens with zero attached hydrogens (tertiary/aromatic N) is 4. The van der Waals surface area contributed by atoms with Gasteiger partial charge < -0.3 is 19.0 Å². The molecule has 1 aliphatic rings. The van der Waals surface area contributed by atoms with Gasteiger partial charge in [0.2, 0.25) is 5.89 Å². The van der Waals surface area contributed by atoms with Crippen LogP contribution in [0.1, 0.15) is 12.8 Å². The van der Waals surface area contributed by atoms with Crippen LogP contribution in [0.4, 0.5) is 10.4 Å². The lowest BCUT2D eigenvalue weighted by molar-refractivity contribution is -0.133. The first-order valence-electron chi connectivity index (χ1n) is 7.90. The van der Waals surface area contributed by atoms with E-state index in [1.807, 2.05) is 11.8 Å². The molecule has 1 fully saturated rings. The van der Waals surface area contributed by atoms with Gasteiger partial charge in [0.25, 0.3) is 5.91 Å². The SMILES string of the molecule is CCc1nnc(N2CCN(C(=O)COc3ccccc3F)CC2)o1. The van der Waals surface area contributed by atoms with E-state index in [1.54, 1.807) is 17.0 Å². The summed E-state index contributed by atoms with van der Waals surface area (Å²) >= 11 is 0. The minimum absolute atomic E-state index is 0.0856. The van der Waals surface area contributed by atoms with Crippen molar-refractivity contribution in [3.05, 3.63) is 36.0 Å². The molecular weight excluding hydrogens is 315 g/mol. The Morgan fingerprint density at radius 1 is 1.25 bits per heavy atom. The zero-order valence-corrected chi connectivity index (χ0v) is 13.4. The van der Waals surface area contributed by atoms with Gasteiger partial charge >= 0.3 is 6.01 Å². The molecule has 128 valence electrons. The Kier molecular flexibility index (Phi) is 4.93. The first kappa shape index (κ1) is 16.2. The molecule has 0 unspecified atom stereocenters. The highest BCUT2D eigenvalue weighted by molar-refractivity contribution is 5.78. The fourth-order valence-corrected chi connectivity index (χ4v) is 2.46. The highest BCUT2D eigenvalue weighted by Gasteiger charge is 2.24. The van der Waals surface area contributed by atoms with Crippen molar-refractivity contribution in [1.82, 2.24) is 15.1 Å². The molecule has 0 aliphatic carbocycles. The van der Waals surface area contributed by atoms with Gasteiger partial charge in [-0.05, 0) is 12.1 Å². The zero-order valence-electron chi connectivity index (χ0n) is 13.4. The number of piperazine rings is 1. The summed E-state index contributed by atoms with van der Waals surface area (Å²) in [6.45, 7) is 4.05. The van der Waals surface area contributed by atoms with E-state index in [9.17, 15) is 9.18 Å². The maximum absolute atomic E-state index is 13.5. The maximum Gasteiger partial charge on any atom is 0.318 e. The lowest BCUT2D eigenvalue weighted by Crippen LogP contribution is -2.50. The van der Waals surface area contributed by atoms with Gasteiger partial charge in [0.15, 0.2) is 18.2 Å². The van der Waals surface area contributed by atoms with Crippen LogP contribution in [0.25, 0.3) is 0 Å². The van der Waals surface area contributed by atoms with Crippen molar-refractivity contribution in [3.8, 4) is 5.75 Å². The molecule has 2 aromatic rings. The largest absolute Gasteiger partial charge is 0.481 e. The van der Waals surface area contributed by atoms with Crippen LogP contribution in [0.2, 0.25) is 0 Å². The summed E-state index contributed by atoms with van der Waals surface area (Å²) in [5.74, 6) is 0.0418. The van der Waals surface area contributed by atoms with Gasteiger partial charge in [0.1, 0.15) is 0 Å². The maximum atomic E-state index is 13.5. The number of rotatable bonds is 5. The smallest absolute Gasteiger partial charge is 0.318 e. The molecule has 24 heavy (non-hydrogen) atoms. The molecule has 1 saturated heterocycles. The Labute approximate surface area is 139 Å². The van der Waals surface area contributed by atoms with E-state index in [4.69, 9.17) is 9.15 Å². The van der Waals surface area contributed by atoms with E-state index < -0.39 is 5.82 Å². The predicted octanol–water partition coefficient (Wildman–Crippen LogP) is 1.50. The standard InChI is InChI=1S/C16H19FN4O3/c1-2-14-18-19-16(24-14)21-9-7-20(8-10-21)15(22)11-23-13-6-4-3-5-12(13)17/h3-6H,2,7-11H2,1H3. The van der Waals surface area contributed by atoms with Crippen LogP contribution in [0.15, 0.2) is 28.7 Å². The molecule has 0 radical (unpaired) electrons. The molecule has 1 amide bonds. The lowest BCUT2D eigenvalue weighted by Gasteiger charge is -2.33. The van der Waals surface area contributed by atoms with Gasteiger partial charge in [0.05, 0.1) is 0 Å². The second-order valence-corrected chi connectivity index (χ2v) is 5.42. The average Bonchev–Trinajstić information content (AvgIpc) is 3.10. The fourth-order valence-electron chi connectivity index (χ4n) is 2.46. The van der Waals surface area contributed by atoms with Gasteiger partial charge in [-0.1, -0.05) is 24.2 Å². The first-order chi connectivity index (χ1) is 11.7. The molecule has 0 atom stereocenters. The highest BCUT2D eigenvalue weighted by atomic mass is 19.1. The van der Waals surface area contributed by atoms with Crippen LogP contribution < -0.4 is 9.64 Å². The van der Waals surface area contributed by atoms with Gasteiger partial charge in [-0.2, -0.15) is 0 Å². The summed E-state index contributed by atoms with van der Waals surface area (Å²) < 4.78 is 24.3. The number of hydrogen-bond acceptors (Lipinski definition) is 6. The number of amides is 1. The predicted molar refractivity (Wildman–Crippen MR) is 84.4 cm³/mol. The first-order valence-corrected chi connectivity index (χ1v) is 7.90. The molecular formula is C16H19FN4O3. The second-order valence-electron chi connectivity index (χ2n) is 5.42. The molecule has 7 nitrogen and oxygen atoms in total. The normalized spacial score (nSPS) is 14.8. The Morgan fingerprint density at radius 2 is 2.00 bits per heavy atom. The van der Waals surface area contributed by atoms with Gasteiger partial charge in [-0.25, -0.2) is 4.39 Å². The Bertz CT molecular complexity index is 698. The summed E-state index contributed by atoms with van der Waals surface area (Å²) in [6.07, 6.45) is 0.693. The van der Waals surface area contributed by atoms with E-state index >= 15 is 0 Å². The van der Waals surface area contributed by atoms with Crippen LogP contribution in [-0.2, 0) is 11.2 Å². The molecule has 0 spiro atoms. The topological polar surface area (TPSA) is 71.7 Å². The number of halogens is 1. The van der Waals surface area contributed by atoms with Gasteiger partial charge in [-0.3, -0.25) is 4.79 Å². The molecule has 0 bridgehead atoms. The summed E-state index contributed by atoms with van der Waals surface area (Å²) in [6, 6.07) is 6.53. The number of aromatic nitrogens is 2. The van der Waals surface area contributed by atoms with E-state index in [0.29, 0.717) is 44.5 Å². The van der Waals surface area contributed by atoms with Gasteiger partial charge in [0, 0.05) is 32.6 Å². The van der Waals surface area contributed by atoms with Crippen LogP contribution in [-0.4, -0.2) is 53.8 Å². The van der Waals surface area contributed by atoms with Gasteiger partial charge in [-0.15, -0.1) is 5.10 Å². The van der Waals surface area contributed by atoms with Crippen molar-refractivity contribution in [1.29, 1.82) is 0 Å². The van der Waals surface area contributed by atoms with E-state index in [2.05, 4.69) is 10.2 Å². The molecule has 1 aromatic carbocycles. The number of para-hydroxylation sites is 1. The molecule has 1 aromatic heterocycles. The Morgan fingerprint density at radius 3 is 2.67 bits per heavy atom. The van der Waals surface area contributed by atoms with Crippen LogP contribution in [0.3, 0.4) is 0 Å². The van der Waals surface area contributed by atoms with Crippen molar-refractivity contribution in [2.24, 2.45) is 0 Å². The number of ether oxygens (including phenoxy) is 1. The Balaban J connectivity index is 1.49. The van der Waals surface area contributed by atoms with Crippen molar-refractivity contribution >= 4 is 11.9 Å². The van der Waals surface area contributed by atoms with E-state index in [1.165, 1.54) is 12.1 Å². The number of hydrogen-bond donors (Lipinski definition) is 0. The molecule has 0 N–H and O–H groups in total. The number of aryl methyl sites for hydroxylation is 1. The van der Waals surface area contributed by atoms with E-state index in [0.717, 1.165) is 0 Å². The van der Waals surface area contributed by atoms with Crippen molar-refractivity contribution < 1.29 is 18.3 Å². The number of carbonyl (C=O) groups is 1. The van der Waals surface area contributed by atoms with Crippen LogP contribution in [0, 0.1) is 5.82 Å². The molecule has 8 heteroatoms. The minimum Gasteiger partial charge on any atom is -0.481 e. The van der Waals surface area contributed by atoms with Crippen molar-refractivity contribution in [3.63, 3.8) is 0 Å². The number of anilines is 1. The minimum atomic E-state index is -0.474.